The maximum Gasteiger partial charge on any atom is 0.223 e. The van der Waals surface area contributed by atoms with Crippen molar-refractivity contribution in [2.75, 3.05) is 0 Å². The Morgan fingerprint density at radius 2 is 2.00 bits per heavy atom. The molecule has 0 saturated carbocycles. The first-order chi connectivity index (χ1) is 11.0. The lowest BCUT2D eigenvalue weighted by molar-refractivity contribution is 0.104. The molecule has 120 valence electrons. The summed E-state index contributed by atoms with van der Waals surface area (Å²) in [6.07, 6.45) is 6.09. The standard InChI is InChI=1S/C18H18FNO3/c1-2-3-10-20-12-18(23)17(22)11-15(20)8-9-16(21)13-4-6-14(19)7-5-13/h4-9,11-12,23H,2-3,10H2,1H3. The maximum atomic E-state index is 12.9. The van der Waals surface area contributed by atoms with E-state index >= 15 is 0 Å². The van der Waals surface area contributed by atoms with Crippen molar-refractivity contribution in [1.29, 1.82) is 0 Å². The second-order valence-corrected chi connectivity index (χ2v) is 5.20. The molecule has 4 nitrogen and oxygen atoms in total. The van der Waals surface area contributed by atoms with E-state index < -0.39 is 11.2 Å². The predicted molar refractivity (Wildman–Crippen MR) is 87.0 cm³/mol. The van der Waals surface area contributed by atoms with Crippen molar-refractivity contribution in [3.05, 3.63) is 69.9 Å². The van der Waals surface area contributed by atoms with Crippen LogP contribution in [-0.4, -0.2) is 15.5 Å². The quantitative estimate of drug-likeness (QED) is 0.656. The number of allylic oxidation sites excluding steroid dienone is 1. The van der Waals surface area contributed by atoms with Gasteiger partial charge in [-0.1, -0.05) is 13.3 Å². The number of nitrogens with zero attached hydrogens (tertiary/aromatic N) is 1. The van der Waals surface area contributed by atoms with E-state index in [9.17, 15) is 19.1 Å². The van der Waals surface area contributed by atoms with Crippen molar-refractivity contribution < 1.29 is 14.3 Å². The summed E-state index contributed by atoms with van der Waals surface area (Å²) in [7, 11) is 0. The molecule has 0 unspecified atom stereocenters. The zero-order valence-electron chi connectivity index (χ0n) is 12.8. The molecule has 0 amide bonds. The lowest BCUT2D eigenvalue weighted by atomic mass is 10.1. The molecule has 0 saturated heterocycles. The second kappa shape index (κ2) is 7.54. The van der Waals surface area contributed by atoms with Crippen LogP contribution in [0.4, 0.5) is 4.39 Å². The summed E-state index contributed by atoms with van der Waals surface area (Å²) in [5.74, 6) is -1.01. The van der Waals surface area contributed by atoms with Crippen LogP contribution in [0, 0.1) is 5.82 Å². The van der Waals surface area contributed by atoms with E-state index in [0.29, 0.717) is 17.8 Å². The Bertz CT molecular complexity index is 776. The molecule has 23 heavy (non-hydrogen) atoms. The molecule has 2 rings (SSSR count). The van der Waals surface area contributed by atoms with Crippen LogP contribution in [0.1, 0.15) is 35.8 Å². The largest absolute Gasteiger partial charge is 0.503 e. The Morgan fingerprint density at radius 1 is 1.30 bits per heavy atom. The number of carbonyl (C=O) groups excluding carboxylic acids is 1. The SMILES string of the molecule is CCCCn1cc(O)c(=O)cc1C=CC(=O)c1ccc(F)cc1. The van der Waals surface area contributed by atoms with Crippen molar-refractivity contribution in [2.45, 2.75) is 26.3 Å². The van der Waals surface area contributed by atoms with Gasteiger partial charge in [0.1, 0.15) is 5.82 Å². The molecule has 0 aliphatic heterocycles. The number of aromatic nitrogens is 1. The van der Waals surface area contributed by atoms with Gasteiger partial charge in [-0.05, 0) is 42.8 Å². The minimum atomic E-state index is -0.494. The highest BCUT2D eigenvalue weighted by atomic mass is 19.1. The molecule has 0 aliphatic rings. The number of hydrogen-bond acceptors (Lipinski definition) is 3. The van der Waals surface area contributed by atoms with E-state index in [4.69, 9.17) is 0 Å². The fraction of sp³-hybridized carbons (Fsp3) is 0.222. The summed E-state index contributed by atoms with van der Waals surface area (Å²) in [6, 6.07) is 6.54. The Hall–Kier alpha value is -2.69. The molecule has 0 aliphatic carbocycles. The normalized spacial score (nSPS) is 11.0. The van der Waals surface area contributed by atoms with Crippen molar-refractivity contribution in [3.63, 3.8) is 0 Å². The van der Waals surface area contributed by atoms with Crippen LogP contribution in [0.25, 0.3) is 6.08 Å². The van der Waals surface area contributed by atoms with E-state index in [1.807, 2.05) is 6.92 Å². The third-order valence-corrected chi connectivity index (χ3v) is 3.43. The van der Waals surface area contributed by atoms with Gasteiger partial charge in [0.25, 0.3) is 0 Å². The van der Waals surface area contributed by atoms with Gasteiger partial charge in [-0.15, -0.1) is 0 Å². The van der Waals surface area contributed by atoms with Crippen LogP contribution in [0.3, 0.4) is 0 Å². The van der Waals surface area contributed by atoms with E-state index in [0.717, 1.165) is 12.8 Å². The van der Waals surface area contributed by atoms with E-state index in [-0.39, 0.29) is 11.5 Å². The number of hydrogen-bond donors (Lipinski definition) is 1. The third-order valence-electron chi connectivity index (χ3n) is 3.43. The molecular formula is C18H18FNO3. The monoisotopic (exact) mass is 315 g/mol. The Labute approximate surface area is 133 Å². The first-order valence-corrected chi connectivity index (χ1v) is 7.42. The average molecular weight is 315 g/mol. The van der Waals surface area contributed by atoms with Crippen LogP contribution >= 0.6 is 0 Å². The van der Waals surface area contributed by atoms with Crippen molar-refractivity contribution in [3.8, 4) is 5.75 Å². The summed E-state index contributed by atoms with van der Waals surface area (Å²) in [4.78, 5) is 23.7. The van der Waals surface area contributed by atoms with Gasteiger partial charge in [0.2, 0.25) is 5.43 Å². The second-order valence-electron chi connectivity index (χ2n) is 5.20. The smallest absolute Gasteiger partial charge is 0.223 e. The summed E-state index contributed by atoms with van der Waals surface area (Å²) in [5.41, 5.74) is 0.409. The van der Waals surface area contributed by atoms with Crippen LogP contribution < -0.4 is 5.43 Å². The van der Waals surface area contributed by atoms with Gasteiger partial charge in [-0.25, -0.2) is 4.39 Å². The third kappa shape index (κ3) is 4.39. The number of unbranched alkanes of at least 4 members (excludes halogenated alkanes) is 1. The van der Waals surface area contributed by atoms with Crippen molar-refractivity contribution >= 4 is 11.9 Å². The number of rotatable bonds is 6. The van der Waals surface area contributed by atoms with E-state index in [1.165, 1.54) is 48.7 Å². The van der Waals surface area contributed by atoms with Crippen LogP contribution in [0.5, 0.6) is 5.75 Å². The zero-order valence-corrected chi connectivity index (χ0v) is 12.8. The van der Waals surface area contributed by atoms with Gasteiger partial charge in [0, 0.05) is 23.9 Å². The summed E-state index contributed by atoms with van der Waals surface area (Å²) in [6.45, 7) is 2.67. The maximum absolute atomic E-state index is 12.9. The fourth-order valence-electron chi connectivity index (χ4n) is 2.11. The first-order valence-electron chi connectivity index (χ1n) is 7.42. The number of halogens is 1. The summed E-state index contributed by atoms with van der Waals surface area (Å²) < 4.78 is 14.6. The highest BCUT2D eigenvalue weighted by molar-refractivity contribution is 6.06. The summed E-state index contributed by atoms with van der Waals surface area (Å²) >= 11 is 0. The number of aromatic hydroxyl groups is 1. The number of pyridine rings is 1. The van der Waals surface area contributed by atoms with Gasteiger partial charge in [0.15, 0.2) is 11.5 Å². The summed E-state index contributed by atoms with van der Waals surface area (Å²) in [5, 5.41) is 9.55. The Kier molecular flexibility index (Phi) is 5.46. The minimum Gasteiger partial charge on any atom is -0.503 e. The van der Waals surface area contributed by atoms with Crippen LogP contribution in [-0.2, 0) is 6.54 Å². The number of carbonyl (C=O) groups is 1. The molecule has 1 aromatic carbocycles. The van der Waals surface area contributed by atoms with Crippen LogP contribution in [0.2, 0.25) is 0 Å². The lowest BCUT2D eigenvalue weighted by Gasteiger charge is -2.10. The van der Waals surface area contributed by atoms with E-state index in [2.05, 4.69) is 0 Å². The average Bonchev–Trinajstić information content (AvgIpc) is 2.54. The van der Waals surface area contributed by atoms with Gasteiger partial charge in [-0.2, -0.15) is 0 Å². The molecule has 2 aromatic rings. The van der Waals surface area contributed by atoms with Gasteiger partial charge < -0.3 is 9.67 Å². The van der Waals surface area contributed by atoms with Crippen LogP contribution in [0.15, 0.2) is 47.4 Å². The van der Waals surface area contributed by atoms with Gasteiger partial charge >= 0.3 is 0 Å². The highest BCUT2D eigenvalue weighted by Crippen LogP contribution is 2.10. The fourth-order valence-corrected chi connectivity index (χ4v) is 2.11. The van der Waals surface area contributed by atoms with Gasteiger partial charge in [-0.3, -0.25) is 9.59 Å². The van der Waals surface area contributed by atoms with Crippen molar-refractivity contribution in [2.24, 2.45) is 0 Å². The number of aryl methyl sites for hydroxylation is 1. The molecule has 1 heterocycles. The molecule has 0 radical (unpaired) electrons. The predicted octanol–water partition coefficient (Wildman–Crippen LogP) is 3.39. The van der Waals surface area contributed by atoms with Crippen molar-refractivity contribution in [1.82, 2.24) is 4.57 Å². The Morgan fingerprint density at radius 3 is 2.65 bits per heavy atom. The molecule has 0 bridgehead atoms. The topological polar surface area (TPSA) is 59.3 Å². The molecular weight excluding hydrogens is 297 g/mol. The minimum absolute atomic E-state index is 0.285. The zero-order chi connectivity index (χ0) is 16.8. The molecule has 0 atom stereocenters. The van der Waals surface area contributed by atoms with E-state index in [1.54, 1.807) is 4.57 Å². The Balaban J connectivity index is 2.27. The molecule has 5 heteroatoms. The first kappa shape index (κ1) is 16.7. The molecule has 1 aromatic heterocycles. The highest BCUT2D eigenvalue weighted by Gasteiger charge is 2.05. The molecule has 0 spiro atoms. The molecule has 1 N–H and O–H groups in total. The number of benzene rings is 1. The lowest BCUT2D eigenvalue weighted by Crippen LogP contribution is -2.10. The van der Waals surface area contributed by atoms with Gasteiger partial charge in [0.05, 0.1) is 6.20 Å². The molecule has 0 fully saturated rings. The number of ketones is 1.